The summed E-state index contributed by atoms with van der Waals surface area (Å²) >= 11 is 0. The standard InChI is InChI=1S/C16H12N2O4S/c1-11-5-2-3-7-14(11)23(21,22)15-9-8-13(18(19)20)12-6-4-10-17-16(12)15/h2-10H,1H3. The molecule has 0 unspecified atom stereocenters. The van der Waals surface area contributed by atoms with E-state index in [1.54, 1.807) is 31.2 Å². The Hall–Kier alpha value is -2.80. The van der Waals surface area contributed by atoms with Gasteiger partial charge in [-0.15, -0.1) is 0 Å². The maximum Gasteiger partial charge on any atom is 0.278 e. The molecular weight excluding hydrogens is 316 g/mol. The Bertz CT molecular complexity index is 1030. The van der Waals surface area contributed by atoms with Crippen molar-refractivity contribution in [2.45, 2.75) is 16.7 Å². The van der Waals surface area contributed by atoms with Crippen LogP contribution in [0.2, 0.25) is 0 Å². The van der Waals surface area contributed by atoms with Crippen LogP contribution in [0, 0.1) is 17.0 Å². The van der Waals surface area contributed by atoms with Crippen LogP contribution in [0.3, 0.4) is 0 Å². The molecule has 3 aromatic rings. The molecule has 0 amide bonds. The van der Waals surface area contributed by atoms with Crippen molar-refractivity contribution < 1.29 is 13.3 Å². The Morgan fingerprint density at radius 3 is 2.43 bits per heavy atom. The second-order valence-corrected chi connectivity index (χ2v) is 6.89. The van der Waals surface area contributed by atoms with Crippen LogP contribution in [-0.4, -0.2) is 18.3 Å². The largest absolute Gasteiger partial charge is 0.278 e. The van der Waals surface area contributed by atoms with Crippen LogP contribution in [0.1, 0.15) is 5.56 Å². The Morgan fingerprint density at radius 1 is 1.00 bits per heavy atom. The zero-order chi connectivity index (χ0) is 16.6. The number of non-ortho nitro benzene ring substituents is 1. The normalized spacial score (nSPS) is 11.5. The van der Waals surface area contributed by atoms with Crippen molar-refractivity contribution in [3.8, 4) is 0 Å². The Kier molecular flexibility index (Phi) is 3.57. The van der Waals surface area contributed by atoms with Crippen molar-refractivity contribution in [3.63, 3.8) is 0 Å². The minimum atomic E-state index is -3.82. The maximum atomic E-state index is 12.9. The number of aromatic nitrogens is 1. The summed E-state index contributed by atoms with van der Waals surface area (Å²) < 4.78 is 25.9. The van der Waals surface area contributed by atoms with Crippen molar-refractivity contribution in [3.05, 3.63) is 70.4 Å². The van der Waals surface area contributed by atoms with Gasteiger partial charge >= 0.3 is 0 Å². The number of hydrogen-bond acceptors (Lipinski definition) is 5. The van der Waals surface area contributed by atoms with Gasteiger partial charge in [0.1, 0.15) is 0 Å². The molecule has 0 aliphatic carbocycles. The molecule has 0 N–H and O–H groups in total. The van der Waals surface area contributed by atoms with E-state index in [9.17, 15) is 18.5 Å². The molecule has 0 radical (unpaired) electrons. The predicted octanol–water partition coefficient (Wildman–Crippen LogP) is 3.28. The number of rotatable bonds is 3. The highest BCUT2D eigenvalue weighted by Gasteiger charge is 2.25. The molecule has 0 aliphatic heterocycles. The lowest BCUT2D eigenvalue weighted by Gasteiger charge is -2.10. The van der Waals surface area contributed by atoms with E-state index < -0.39 is 14.8 Å². The number of benzene rings is 2. The predicted molar refractivity (Wildman–Crippen MR) is 85.0 cm³/mol. The zero-order valence-electron chi connectivity index (χ0n) is 12.1. The lowest BCUT2D eigenvalue weighted by atomic mass is 10.2. The third kappa shape index (κ3) is 2.44. The van der Waals surface area contributed by atoms with Crippen molar-refractivity contribution in [2.24, 2.45) is 0 Å². The Labute approximate surface area is 132 Å². The van der Waals surface area contributed by atoms with Crippen molar-refractivity contribution in [1.29, 1.82) is 0 Å². The topological polar surface area (TPSA) is 90.2 Å². The van der Waals surface area contributed by atoms with Crippen LogP contribution in [0.5, 0.6) is 0 Å². The van der Waals surface area contributed by atoms with Crippen LogP contribution in [0.4, 0.5) is 5.69 Å². The first-order valence-electron chi connectivity index (χ1n) is 6.76. The van der Waals surface area contributed by atoms with Crippen LogP contribution in [0.15, 0.2) is 64.5 Å². The van der Waals surface area contributed by atoms with E-state index in [-0.39, 0.29) is 26.4 Å². The molecule has 0 fully saturated rings. The average molecular weight is 328 g/mol. The first-order valence-corrected chi connectivity index (χ1v) is 8.24. The Morgan fingerprint density at radius 2 is 1.74 bits per heavy atom. The summed E-state index contributed by atoms with van der Waals surface area (Å²) in [4.78, 5) is 14.8. The fourth-order valence-corrected chi connectivity index (χ4v) is 4.14. The summed E-state index contributed by atoms with van der Waals surface area (Å²) in [5, 5.41) is 11.3. The van der Waals surface area contributed by atoms with E-state index in [4.69, 9.17) is 0 Å². The summed E-state index contributed by atoms with van der Waals surface area (Å²) in [6.07, 6.45) is 1.42. The number of fused-ring (bicyclic) bond motifs is 1. The van der Waals surface area contributed by atoms with Gasteiger partial charge < -0.3 is 0 Å². The lowest BCUT2D eigenvalue weighted by Crippen LogP contribution is -2.06. The number of sulfone groups is 1. The molecule has 23 heavy (non-hydrogen) atoms. The van der Waals surface area contributed by atoms with Gasteiger partial charge in [0.25, 0.3) is 5.69 Å². The SMILES string of the molecule is Cc1ccccc1S(=O)(=O)c1ccc([N+](=O)[O-])c2cccnc12. The average Bonchev–Trinajstić information content (AvgIpc) is 2.53. The van der Waals surface area contributed by atoms with Gasteiger partial charge in [-0.25, -0.2) is 8.42 Å². The molecular formula is C16H12N2O4S. The van der Waals surface area contributed by atoms with Crippen molar-refractivity contribution in [2.75, 3.05) is 0 Å². The molecule has 6 nitrogen and oxygen atoms in total. The van der Waals surface area contributed by atoms with Crippen LogP contribution in [0.25, 0.3) is 10.9 Å². The van der Waals surface area contributed by atoms with E-state index in [1.165, 1.54) is 30.5 Å². The van der Waals surface area contributed by atoms with Gasteiger partial charge in [-0.2, -0.15) is 0 Å². The zero-order valence-corrected chi connectivity index (χ0v) is 12.9. The molecule has 0 atom stereocenters. The number of hydrogen-bond donors (Lipinski definition) is 0. The van der Waals surface area contributed by atoms with E-state index >= 15 is 0 Å². The first-order chi connectivity index (χ1) is 10.9. The van der Waals surface area contributed by atoms with Crippen LogP contribution in [-0.2, 0) is 9.84 Å². The Balaban J connectivity index is 2.36. The second kappa shape index (κ2) is 5.44. The highest BCUT2D eigenvalue weighted by atomic mass is 32.2. The number of pyridine rings is 1. The van der Waals surface area contributed by atoms with Gasteiger partial charge in [-0.05, 0) is 36.8 Å². The molecule has 1 heterocycles. The first kappa shape index (κ1) is 15.1. The van der Waals surface area contributed by atoms with Gasteiger partial charge in [-0.1, -0.05) is 18.2 Å². The van der Waals surface area contributed by atoms with Crippen LogP contribution >= 0.6 is 0 Å². The summed E-state index contributed by atoms with van der Waals surface area (Å²) in [6, 6.07) is 12.1. The number of nitrogens with zero attached hydrogens (tertiary/aromatic N) is 2. The highest BCUT2D eigenvalue weighted by molar-refractivity contribution is 7.91. The fraction of sp³-hybridized carbons (Fsp3) is 0.0625. The summed E-state index contributed by atoms with van der Waals surface area (Å²) in [6.45, 7) is 1.70. The fourth-order valence-electron chi connectivity index (χ4n) is 2.48. The number of nitro groups is 1. The van der Waals surface area contributed by atoms with Gasteiger partial charge in [-0.3, -0.25) is 15.1 Å². The quantitative estimate of drug-likeness (QED) is 0.543. The lowest BCUT2D eigenvalue weighted by molar-refractivity contribution is -0.383. The molecule has 0 saturated carbocycles. The molecule has 116 valence electrons. The molecule has 0 aliphatic rings. The molecule has 1 aromatic heterocycles. The number of aryl methyl sites for hydroxylation is 1. The minimum Gasteiger partial charge on any atom is -0.258 e. The van der Waals surface area contributed by atoms with Crippen molar-refractivity contribution >= 4 is 26.4 Å². The molecule has 0 spiro atoms. The van der Waals surface area contributed by atoms with E-state index in [0.717, 1.165) is 0 Å². The molecule has 0 bridgehead atoms. The molecule has 2 aromatic carbocycles. The van der Waals surface area contributed by atoms with E-state index in [1.807, 2.05) is 0 Å². The van der Waals surface area contributed by atoms with Gasteiger partial charge in [0.05, 0.1) is 25.6 Å². The monoisotopic (exact) mass is 328 g/mol. The highest BCUT2D eigenvalue weighted by Crippen LogP contribution is 2.33. The van der Waals surface area contributed by atoms with E-state index in [0.29, 0.717) is 5.56 Å². The van der Waals surface area contributed by atoms with Gasteiger partial charge in [0, 0.05) is 12.3 Å². The maximum absolute atomic E-state index is 12.9. The molecule has 0 saturated heterocycles. The smallest absolute Gasteiger partial charge is 0.258 e. The van der Waals surface area contributed by atoms with Gasteiger partial charge in [0.15, 0.2) is 0 Å². The summed E-state index contributed by atoms with van der Waals surface area (Å²) in [5.41, 5.74) is 0.539. The van der Waals surface area contributed by atoms with Gasteiger partial charge in [0.2, 0.25) is 9.84 Å². The van der Waals surface area contributed by atoms with Crippen molar-refractivity contribution in [1.82, 2.24) is 4.98 Å². The third-order valence-corrected chi connectivity index (χ3v) is 5.52. The molecule has 3 rings (SSSR count). The third-order valence-electron chi connectivity index (χ3n) is 3.58. The summed E-state index contributed by atoms with van der Waals surface area (Å²) in [5.74, 6) is 0. The number of nitro benzene ring substituents is 1. The molecule has 7 heteroatoms. The summed E-state index contributed by atoms with van der Waals surface area (Å²) in [7, 11) is -3.82. The second-order valence-electron chi connectivity index (χ2n) is 5.01. The minimum absolute atomic E-state index is 0.0343. The van der Waals surface area contributed by atoms with E-state index in [2.05, 4.69) is 4.98 Å². The van der Waals surface area contributed by atoms with Crippen LogP contribution < -0.4 is 0 Å².